The SMILES string of the molecule is COc1c(-c2ccc(O)c(O[C@@H]3OC[C@@H](O)[C@H](O)C3O)c2)oc2cc(O[C@@H]3OC(C)[C@H](O)[C@H](O)C3O)cc(O)c2c1=O. The average Bonchev–Trinajstić information content (AvgIpc) is 2.95. The normalized spacial score (nSPS) is 31.6. The molecule has 0 aliphatic carbocycles. The highest BCUT2D eigenvalue weighted by molar-refractivity contribution is 5.88. The van der Waals surface area contributed by atoms with Crippen LogP contribution in [0.4, 0.5) is 0 Å². The van der Waals surface area contributed by atoms with E-state index < -0.39 is 72.2 Å². The molecule has 3 unspecified atom stereocenters. The summed E-state index contributed by atoms with van der Waals surface area (Å²) in [5.74, 6) is -1.76. The van der Waals surface area contributed by atoms with Crippen molar-refractivity contribution in [1.29, 1.82) is 0 Å². The summed E-state index contributed by atoms with van der Waals surface area (Å²) in [5.41, 5.74) is -0.798. The van der Waals surface area contributed by atoms with E-state index in [9.17, 15) is 45.6 Å². The number of fused-ring (bicyclic) bond motifs is 1. The smallest absolute Gasteiger partial charge is 0.239 e. The number of hydrogen-bond donors (Lipinski definition) is 8. The number of methoxy groups -OCH3 is 1. The molecule has 2 aliphatic heterocycles. The van der Waals surface area contributed by atoms with Gasteiger partial charge in [-0.1, -0.05) is 0 Å². The summed E-state index contributed by atoms with van der Waals surface area (Å²) in [6.07, 6.45) is -12.9. The van der Waals surface area contributed by atoms with Crippen LogP contribution in [0.5, 0.6) is 28.7 Å². The van der Waals surface area contributed by atoms with E-state index in [0.717, 1.165) is 6.07 Å². The molecule has 2 aromatic carbocycles. The van der Waals surface area contributed by atoms with Gasteiger partial charge in [0.25, 0.3) is 0 Å². The van der Waals surface area contributed by atoms with E-state index in [1.54, 1.807) is 0 Å². The second kappa shape index (κ2) is 11.5. The summed E-state index contributed by atoms with van der Waals surface area (Å²) in [7, 11) is 1.20. The van der Waals surface area contributed by atoms with E-state index in [1.807, 2.05) is 0 Å². The molecule has 8 N–H and O–H groups in total. The number of phenolic OH excluding ortho intramolecular Hbond substituents is 2. The van der Waals surface area contributed by atoms with Crippen LogP contribution in [0.2, 0.25) is 0 Å². The third-order valence-electron chi connectivity index (χ3n) is 7.09. The average molecular weight is 595 g/mol. The van der Waals surface area contributed by atoms with Crippen molar-refractivity contribution in [1.82, 2.24) is 0 Å². The molecule has 0 saturated carbocycles. The Morgan fingerprint density at radius 3 is 2.26 bits per heavy atom. The monoisotopic (exact) mass is 594 g/mol. The Balaban J connectivity index is 1.52. The molecule has 0 bridgehead atoms. The van der Waals surface area contributed by atoms with Crippen molar-refractivity contribution in [2.45, 2.75) is 62.2 Å². The number of aliphatic hydroxyl groups excluding tert-OH is 6. The van der Waals surface area contributed by atoms with Crippen LogP contribution in [-0.2, 0) is 9.47 Å². The van der Waals surface area contributed by atoms with Crippen LogP contribution in [0.1, 0.15) is 6.92 Å². The summed E-state index contributed by atoms with van der Waals surface area (Å²) < 4.78 is 33.0. The molecule has 42 heavy (non-hydrogen) atoms. The molecule has 5 rings (SSSR count). The second-order valence-corrected chi connectivity index (χ2v) is 9.96. The zero-order valence-corrected chi connectivity index (χ0v) is 22.2. The lowest BCUT2D eigenvalue weighted by molar-refractivity contribution is -0.268. The van der Waals surface area contributed by atoms with Crippen molar-refractivity contribution in [3.8, 4) is 40.1 Å². The predicted octanol–water partition coefficient (Wildman–Crippen LogP) is -1.10. The number of rotatable bonds is 6. The van der Waals surface area contributed by atoms with Gasteiger partial charge in [0.05, 0.1) is 19.8 Å². The number of hydrogen-bond acceptors (Lipinski definition) is 15. The fourth-order valence-electron chi connectivity index (χ4n) is 4.70. The summed E-state index contributed by atoms with van der Waals surface area (Å²) in [4.78, 5) is 13.3. The van der Waals surface area contributed by atoms with Crippen molar-refractivity contribution >= 4 is 11.0 Å². The first-order valence-electron chi connectivity index (χ1n) is 12.8. The molecule has 0 spiro atoms. The molecule has 9 atom stereocenters. The molecule has 15 nitrogen and oxygen atoms in total. The van der Waals surface area contributed by atoms with Crippen LogP contribution in [0.15, 0.2) is 39.5 Å². The molecule has 15 heteroatoms. The van der Waals surface area contributed by atoms with Crippen LogP contribution in [0.3, 0.4) is 0 Å². The fourth-order valence-corrected chi connectivity index (χ4v) is 4.70. The zero-order chi connectivity index (χ0) is 30.5. The first-order chi connectivity index (χ1) is 19.9. The summed E-state index contributed by atoms with van der Waals surface area (Å²) in [6.45, 7) is 1.12. The molecular weight excluding hydrogens is 564 g/mol. The van der Waals surface area contributed by atoms with Crippen LogP contribution < -0.4 is 19.6 Å². The molecule has 3 heterocycles. The minimum atomic E-state index is -1.65. The second-order valence-electron chi connectivity index (χ2n) is 9.96. The lowest BCUT2D eigenvalue weighted by atomic mass is 10.00. The fraction of sp³-hybridized carbons (Fsp3) is 0.444. The van der Waals surface area contributed by atoms with E-state index >= 15 is 0 Å². The maximum Gasteiger partial charge on any atom is 0.239 e. The quantitative estimate of drug-likeness (QED) is 0.169. The van der Waals surface area contributed by atoms with Crippen LogP contribution in [0, 0.1) is 0 Å². The first kappa shape index (κ1) is 29.8. The van der Waals surface area contributed by atoms with Gasteiger partial charge in [-0.25, -0.2) is 0 Å². The van der Waals surface area contributed by atoms with Gasteiger partial charge in [-0.05, 0) is 25.1 Å². The van der Waals surface area contributed by atoms with Gasteiger partial charge in [0.2, 0.25) is 23.8 Å². The largest absolute Gasteiger partial charge is 0.507 e. The van der Waals surface area contributed by atoms with Crippen molar-refractivity contribution in [3.63, 3.8) is 0 Å². The maximum absolute atomic E-state index is 13.3. The molecule has 0 radical (unpaired) electrons. The zero-order valence-electron chi connectivity index (χ0n) is 22.2. The van der Waals surface area contributed by atoms with Gasteiger partial charge < -0.3 is 69.0 Å². The molecule has 2 saturated heterocycles. The van der Waals surface area contributed by atoms with Crippen molar-refractivity contribution in [2.75, 3.05) is 13.7 Å². The molecule has 2 fully saturated rings. The Kier molecular flexibility index (Phi) is 8.19. The lowest BCUT2D eigenvalue weighted by Crippen LogP contribution is -2.58. The van der Waals surface area contributed by atoms with Crippen LogP contribution in [0.25, 0.3) is 22.3 Å². The molecule has 0 amide bonds. The lowest BCUT2D eigenvalue weighted by Gasteiger charge is -2.38. The van der Waals surface area contributed by atoms with Gasteiger partial charge in [-0.2, -0.15) is 0 Å². The number of ether oxygens (including phenoxy) is 5. The van der Waals surface area contributed by atoms with E-state index in [0.29, 0.717) is 0 Å². The summed E-state index contributed by atoms with van der Waals surface area (Å²) in [5, 5.41) is 80.8. The van der Waals surface area contributed by atoms with Gasteiger partial charge in [0, 0.05) is 17.7 Å². The number of aliphatic hydroxyl groups is 6. The standard InChI is InChI=1S/C27H30O15/c1-9-18(31)21(34)23(36)27(39-9)40-11-6-13(29)17-16(7-11)41-24(25(37-2)20(17)33)10-3-4-12(28)15(5-10)42-26-22(35)19(32)14(30)8-38-26/h3-7,9,14,18-19,21-23,26-32,34-36H,8H2,1-2H3/t9?,14-,18+,19+,21+,22?,23?,26+,27+/m1/s1. The van der Waals surface area contributed by atoms with E-state index in [2.05, 4.69) is 0 Å². The van der Waals surface area contributed by atoms with Crippen molar-refractivity contribution < 1.29 is 69.0 Å². The van der Waals surface area contributed by atoms with Crippen molar-refractivity contribution in [3.05, 3.63) is 40.6 Å². The molecule has 1 aromatic heterocycles. The van der Waals surface area contributed by atoms with Gasteiger partial charge >= 0.3 is 0 Å². The summed E-state index contributed by atoms with van der Waals surface area (Å²) >= 11 is 0. The van der Waals surface area contributed by atoms with Crippen LogP contribution >= 0.6 is 0 Å². The Hall–Kier alpha value is -3.67. The van der Waals surface area contributed by atoms with Crippen LogP contribution in [-0.4, -0.2) is 110 Å². The molecule has 3 aromatic rings. The third-order valence-corrected chi connectivity index (χ3v) is 7.09. The van der Waals surface area contributed by atoms with Gasteiger partial charge in [0.15, 0.2) is 17.3 Å². The van der Waals surface area contributed by atoms with E-state index in [-0.39, 0.29) is 46.1 Å². The van der Waals surface area contributed by atoms with Crippen molar-refractivity contribution in [2.24, 2.45) is 0 Å². The highest BCUT2D eigenvalue weighted by Crippen LogP contribution is 2.40. The Labute approximate surface area is 236 Å². The Morgan fingerprint density at radius 1 is 0.833 bits per heavy atom. The maximum atomic E-state index is 13.3. The first-order valence-corrected chi connectivity index (χ1v) is 12.8. The highest BCUT2D eigenvalue weighted by atomic mass is 16.7. The minimum Gasteiger partial charge on any atom is -0.507 e. The third kappa shape index (κ3) is 5.32. The van der Waals surface area contributed by atoms with E-state index in [4.69, 9.17) is 28.1 Å². The number of benzene rings is 2. The molecule has 2 aliphatic rings. The van der Waals surface area contributed by atoms with Gasteiger partial charge in [-0.15, -0.1) is 0 Å². The number of aromatic hydroxyl groups is 2. The molecule has 228 valence electrons. The van der Waals surface area contributed by atoms with Gasteiger partial charge in [0.1, 0.15) is 59.1 Å². The highest BCUT2D eigenvalue weighted by Gasteiger charge is 2.43. The number of phenols is 2. The Bertz CT molecular complexity index is 1510. The topological polar surface area (TPSA) is 238 Å². The minimum absolute atomic E-state index is 0.113. The van der Waals surface area contributed by atoms with Gasteiger partial charge in [-0.3, -0.25) is 4.79 Å². The summed E-state index contributed by atoms with van der Waals surface area (Å²) in [6, 6.07) is 6.12. The van der Waals surface area contributed by atoms with E-state index in [1.165, 1.54) is 38.3 Å². The predicted molar refractivity (Wildman–Crippen MR) is 139 cm³/mol. The Morgan fingerprint density at radius 2 is 1.55 bits per heavy atom. The molecular formula is C27H30O15.